The maximum atomic E-state index is 13.0. The predicted molar refractivity (Wildman–Crippen MR) is 71.4 cm³/mol. The summed E-state index contributed by atoms with van der Waals surface area (Å²) in [4.78, 5) is 23.5. The van der Waals surface area contributed by atoms with Gasteiger partial charge >= 0.3 is 6.03 Å². The molecule has 2 rings (SSSR count). The van der Waals surface area contributed by atoms with E-state index >= 15 is 0 Å². The summed E-state index contributed by atoms with van der Waals surface area (Å²) < 4.78 is 39.4. The van der Waals surface area contributed by atoms with Crippen LogP contribution >= 0.6 is 0 Å². The Morgan fingerprint density at radius 1 is 1.38 bits per heavy atom. The standard InChI is InChI=1S/C12H14FN3O4S/c1-8-6-9(13)2-3-10(8)21(19,20)15-4-5-16-11(17)7-14-12(16)18/h2-3,6,15H,4-5,7H2,1H3,(H,14,18). The molecule has 21 heavy (non-hydrogen) atoms. The second kappa shape index (κ2) is 5.78. The third-order valence-corrected chi connectivity index (χ3v) is 4.61. The molecule has 0 saturated carbocycles. The molecule has 3 amide bonds. The largest absolute Gasteiger partial charge is 0.329 e. The van der Waals surface area contributed by atoms with Crippen molar-refractivity contribution >= 4 is 22.0 Å². The van der Waals surface area contributed by atoms with Gasteiger partial charge in [0.05, 0.1) is 11.4 Å². The molecule has 1 heterocycles. The fourth-order valence-electron chi connectivity index (χ4n) is 1.97. The van der Waals surface area contributed by atoms with Gasteiger partial charge in [-0.25, -0.2) is 22.3 Å². The molecule has 1 saturated heterocycles. The first-order valence-corrected chi connectivity index (χ1v) is 7.63. The molecule has 1 aromatic carbocycles. The van der Waals surface area contributed by atoms with Crippen LogP contribution in [0.25, 0.3) is 0 Å². The second-order valence-corrected chi connectivity index (χ2v) is 6.25. The molecule has 2 N–H and O–H groups in total. The minimum absolute atomic E-state index is 0.0406. The lowest BCUT2D eigenvalue weighted by Gasteiger charge is -2.13. The first-order chi connectivity index (χ1) is 9.81. The highest BCUT2D eigenvalue weighted by molar-refractivity contribution is 7.89. The van der Waals surface area contributed by atoms with Crippen LogP contribution in [0.3, 0.4) is 0 Å². The van der Waals surface area contributed by atoms with Crippen molar-refractivity contribution < 1.29 is 22.4 Å². The zero-order chi connectivity index (χ0) is 15.6. The monoisotopic (exact) mass is 315 g/mol. The molecule has 1 aliphatic heterocycles. The third-order valence-electron chi connectivity index (χ3n) is 2.99. The molecule has 9 heteroatoms. The topological polar surface area (TPSA) is 95.6 Å². The van der Waals surface area contributed by atoms with E-state index in [1.165, 1.54) is 13.0 Å². The lowest BCUT2D eigenvalue weighted by Crippen LogP contribution is -2.38. The quantitative estimate of drug-likeness (QED) is 0.746. The summed E-state index contributed by atoms with van der Waals surface area (Å²) in [5.74, 6) is -0.928. The Morgan fingerprint density at radius 2 is 2.10 bits per heavy atom. The lowest BCUT2D eigenvalue weighted by atomic mass is 10.2. The van der Waals surface area contributed by atoms with E-state index in [4.69, 9.17) is 0 Å². The Kier molecular flexibility index (Phi) is 4.24. The van der Waals surface area contributed by atoms with Crippen LogP contribution in [-0.4, -0.2) is 44.9 Å². The van der Waals surface area contributed by atoms with E-state index in [-0.39, 0.29) is 30.1 Å². The van der Waals surface area contributed by atoms with Crippen molar-refractivity contribution in [1.29, 1.82) is 0 Å². The van der Waals surface area contributed by atoms with Crippen LogP contribution in [-0.2, 0) is 14.8 Å². The van der Waals surface area contributed by atoms with Crippen molar-refractivity contribution in [3.8, 4) is 0 Å². The number of benzene rings is 1. The highest BCUT2D eigenvalue weighted by Crippen LogP contribution is 2.15. The smallest absolute Gasteiger partial charge is 0.324 e. The van der Waals surface area contributed by atoms with Crippen LogP contribution in [0.2, 0.25) is 0 Å². The van der Waals surface area contributed by atoms with Gasteiger partial charge in [0.2, 0.25) is 15.9 Å². The Hall–Kier alpha value is -2.00. The summed E-state index contributed by atoms with van der Waals surface area (Å²) in [7, 11) is -3.82. The lowest BCUT2D eigenvalue weighted by molar-refractivity contribution is -0.124. The maximum Gasteiger partial charge on any atom is 0.324 e. The summed E-state index contributed by atoms with van der Waals surface area (Å²) in [6.07, 6.45) is 0. The molecule has 0 aliphatic carbocycles. The Balaban J connectivity index is 2.02. The Labute approximate surface area is 121 Å². The molecule has 7 nitrogen and oxygen atoms in total. The summed E-state index contributed by atoms with van der Waals surface area (Å²) in [6.45, 7) is 1.22. The molecule has 0 bridgehead atoms. The van der Waals surface area contributed by atoms with Gasteiger partial charge in [0.1, 0.15) is 5.82 Å². The molecule has 114 valence electrons. The number of carbonyl (C=O) groups excluding carboxylic acids is 2. The zero-order valence-corrected chi connectivity index (χ0v) is 12.0. The average molecular weight is 315 g/mol. The summed E-state index contributed by atoms with van der Waals surface area (Å²) in [5.41, 5.74) is 0.275. The number of nitrogens with zero attached hydrogens (tertiary/aromatic N) is 1. The van der Waals surface area contributed by atoms with Crippen LogP contribution in [0, 0.1) is 12.7 Å². The van der Waals surface area contributed by atoms with Gasteiger partial charge in [0.25, 0.3) is 0 Å². The van der Waals surface area contributed by atoms with Crippen LogP contribution < -0.4 is 10.0 Å². The zero-order valence-electron chi connectivity index (χ0n) is 11.2. The summed E-state index contributed by atoms with van der Waals surface area (Å²) >= 11 is 0. The minimum atomic E-state index is -3.82. The molecular weight excluding hydrogens is 301 g/mol. The van der Waals surface area contributed by atoms with Gasteiger partial charge in [-0.2, -0.15) is 0 Å². The normalized spacial score (nSPS) is 15.4. The van der Waals surface area contributed by atoms with Crippen LogP contribution in [0.1, 0.15) is 5.56 Å². The van der Waals surface area contributed by atoms with Crippen molar-refractivity contribution in [2.75, 3.05) is 19.6 Å². The van der Waals surface area contributed by atoms with Gasteiger partial charge in [-0.1, -0.05) is 0 Å². The van der Waals surface area contributed by atoms with Crippen molar-refractivity contribution in [2.24, 2.45) is 0 Å². The number of rotatable bonds is 5. The highest BCUT2D eigenvalue weighted by Gasteiger charge is 2.28. The van der Waals surface area contributed by atoms with Crippen molar-refractivity contribution in [1.82, 2.24) is 14.9 Å². The molecule has 0 unspecified atom stereocenters. The number of nitrogens with one attached hydrogen (secondary N) is 2. The number of hydrogen-bond acceptors (Lipinski definition) is 4. The number of halogens is 1. The molecule has 0 spiro atoms. The summed E-state index contributed by atoms with van der Waals surface area (Å²) in [6, 6.07) is 2.79. The Morgan fingerprint density at radius 3 is 2.67 bits per heavy atom. The van der Waals surface area contributed by atoms with Gasteiger partial charge in [-0.05, 0) is 30.7 Å². The van der Waals surface area contributed by atoms with E-state index < -0.39 is 27.8 Å². The average Bonchev–Trinajstić information content (AvgIpc) is 2.69. The van der Waals surface area contributed by atoms with Crippen molar-refractivity contribution in [2.45, 2.75) is 11.8 Å². The van der Waals surface area contributed by atoms with Gasteiger partial charge in [-0.3, -0.25) is 9.69 Å². The second-order valence-electron chi connectivity index (χ2n) is 4.51. The first kappa shape index (κ1) is 15.4. The van der Waals surface area contributed by atoms with Crippen molar-refractivity contribution in [3.63, 3.8) is 0 Å². The SMILES string of the molecule is Cc1cc(F)ccc1S(=O)(=O)NCCN1C(=O)CNC1=O. The minimum Gasteiger partial charge on any atom is -0.329 e. The van der Waals surface area contributed by atoms with Gasteiger partial charge in [-0.15, -0.1) is 0 Å². The fraction of sp³-hybridized carbons (Fsp3) is 0.333. The maximum absolute atomic E-state index is 13.0. The van der Waals surface area contributed by atoms with Gasteiger partial charge in [0, 0.05) is 13.1 Å². The highest BCUT2D eigenvalue weighted by atomic mass is 32.2. The number of urea groups is 1. The third kappa shape index (κ3) is 3.37. The number of amides is 3. The molecule has 0 radical (unpaired) electrons. The van der Waals surface area contributed by atoms with E-state index in [1.807, 2.05) is 0 Å². The van der Waals surface area contributed by atoms with E-state index in [2.05, 4.69) is 10.0 Å². The van der Waals surface area contributed by atoms with Crippen molar-refractivity contribution in [3.05, 3.63) is 29.6 Å². The number of sulfonamides is 1. The molecule has 1 aromatic rings. The number of imide groups is 1. The van der Waals surface area contributed by atoms with Gasteiger partial charge in [0.15, 0.2) is 0 Å². The number of hydrogen-bond donors (Lipinski definition) is 2. The van der Waals surface area contributed by atoms with E-state index in [1.54, 1.807) is 0 Å². The molecule has 0 aromatic heterocycles. The number of carbonyl (C=O) groups is 2. The summed E-state index contributed by atoms with van der Waals surface area (Å²) in [5, 5.41) is 2.33. The van der Waals surface area contributed by atoms with E-state index in [0.717, 1.165) is 17.0 Å². The van der Waals surface area contributed by atoms with Crippen LogP contribution in [0.5, 0.6) is 0 Å². The Bertz CT molecular complexity index is 674. The number of aryl methyl sites for hydroxylation is 1. The molecule has 1 fully saturated rings. The fourth-order valence-corrected chi connectivity index (χ4v) is 3.21. The van der Waals surface area contributed by atoms with Gasteiger partial charge < -0.3 is 5.32 Å². The molecule has 0 atom stereocenters. The van der Waals surface area contributed by atoms with E-state index in [0.29, 0.717) is 0 Å². The van der Waals surface area contributed by atoms with Crippen LogP contribution in [0.15, 0.2) is 23.1 Å². The predicted octanol–water partition coefficient (Wildman–Crippen LogP) is -0.0358. The van der Waals surface area contributed by atoms with Crippen LogP contribution in [0.4, 0.5) is 9.18 Å². The molecule has 1 aliphatic rings. The van der Waals surface area contributed by atoms with E-state index in [9.17, 15) is 22.4 Å². The first-order valence-electron chi connectivity index (χ1n) is 6.15. The molecular formula is C12H14FN3O4S.